The van der Waals surface area contributed by atoms with Gasteiger partial charge in [0.2, 0.25) is 0 Å². The summed E-state index contributed by atoms with van der Waals surface area (Å²) >= 11 is 1.16. The molecule has 0 radical (unpaired) electrons. The molecule has 0 saturated carbocycles. The summed E-state index contributed by atoms with van der Waals surface area (Å²) < 4.78 is 26.6. The van der Waals surface area contributed by atoms with Gasteiger partial charge in [0.1, 0.15) is 10.8 Å². The SMILES string of the molecule is C=CCS(=O)(=O)O/N=C1C=C/C(=C\C#N)S\1. The normalized spacial score (nSPS) is 19.9. The lowest BCUT2D eigenvalue weighted by Crippen LogP contribution is -2.05. The van der Waals surface area contributed by atoms with Crippen LogP contribution in [0.2, 0.25) is 0 Å². The third-order valence-corrected chi connectivity index (χ3v) is 3.24. The van der Waals surface area contributed by atoms with Crippen LogP contribution in [0.25, 0.3) is 0 Å². The number of hydrogen-bond donors (Lipinski definition) is 0. The van der Waals surface area contributed by atoms with Crippen molar-refractivity contribution in [2.75, 3.05) is 5.75 Å². The summed E-state index contributed by atoms with van der Waals surface area (Å²) in [6.45, 7) is 3.29. The second-order valence-corrected chi connectivity index (χ2v) is 5.32. The van der Waals surface area contributed by atoms with Crippen molar-refractivity contribution in [1.29, 1.82) is 5.26 Å². The van der Waals surface area contributed by atoms with Gasteiger partial charge in [0.25, 0.3) is 0 Å². The highest BCUT2D eigenvalue weighted by atomic mass is 32.2. The van der Waals surface area contributed by atoms with E-state index in [0.717, 1.165) is 11.8 Å². The van der Waals surface area contributed by atoms with Gasteiger partial charge in [0.15, 0.2) is 0 Å². The Labute approximate surface area is 97.9 Å². The van der Waals surface area contributed by atoms with Crippen LogP contribution in [0.3, 0.4) is 0 Å². The quantitative estimate of drug-likeness (QED) is 0.433. The molecule has 0 fully saturated rings. The van der Waals surface area contributed by atoms with Crippen LogP contribution >= 0.6 is 11.8 Å². The zero-order valence-electron chi connectivity index (χ0n) is 8.16. The van der Waals surface area contributed by atoms with Crippen LogP contribution < -0.4 is 0 Å². The first kappa shape index (κ1) is 12.5. The van der Waals surface area contributed by atoms with E-state index in [2.05, 4.69) is 16.0 Å². The maximum Gasteiger partial charge on any atom is 0.332 e. The lowest BCUT2D eigenvalue weighted by molar-refractivity contribution is 0.342. The summed E-state index contributed by atoms with van der Waals surface area (Å²) in [5.41, 5.74) is 0. The zero-order chi connectivity index (χ0) is 12.0. The summed E-state index contributed by atoms with van der Waals surface area (Å²) in [6, 6.07) is 1.86. The summed E-state index contributed by atoms with van der Waals surface area (Å²) in [6.07, 6.45) is 5.77. The molecule has 0 amide bonds. The van der Waals surface area contributed by atoms with Crippen molar-refractivity contribution < 1.29 is 12.7 Å². The molecular formula is C9H8N2O3S2. The maximum atomic E-state index is 11.1. The van der Waals surface area contributed by atoms with E-state index in [-0.39, 0.29) is 5.75 Å². The first-order chi connectivity index (χ1) is 7.57. The predicted octanol–water partition coefficient (Wildman–Crippen LogP) is 1.54. The Morgan fingerprint density at radius 2 is 2.38 bits per heavy atom. The summed E-state index contributed by atoms with van der Waals surface area (Å²) in [5, 5.41) is 12.2. The molecule has 1 heterocycles. The lowest BCUT2D eigenvalue weighted by atomic mass is 10.4. The average molecular weight is 256 g/mol. The van der Waals surface area contributed by atoms with Gasteiger partial charge in [-0.15, -0.1) is 6.58 Å². The number of hydrogen-bond acceptors (Lipinski definition) is 6. The highest BCUT2D eigenvalue weighted by molar-refractivity contribution is 8.18. The highest BCUT2D eigenvalue weighted by Gasteiger charge is 2.12. The molecule has 0 aliphatic carbocycles. The number of oxime groups is 1. The third kappa shape index (κ3) is 3.92. The van der Waals surface area contributed by atoms with Crippen LogP contribution in [0.5, 0.6) is 0 Å². The molecule has 0 spiro atoms. The van der Waals surface area contributed by atoms with Gasteiger partial charge >= 0.3 is 10.1 Å². The van der Waals surface area contributed by atoms with Crippen molar-refractivity contribution >= 4 is 26.9 Å². The first-order valence-corrected chi connectivity index (χ1v) is 6.53. The topological polar surface area (TPSA) is 79.5 Å². The van der Waals surface area contributed by atoms with E-state index in [1.165, 1.54) is 12.2 Å². The van der Waals surface area contributed by atoms with Crippen LogP contribution in [-0.2, 0) is 14.4 Å². The minimum Gasteiger partial charge on any atom is -0.267 e. The smallest absolute Gasteiger partial charge is 0.267 e. The largest absolute Gasteiger partial charge is 0.332 e. The van der Waals surface area contributed by atoms with Crippen molar-refractivity contribution in [1.82, 2.24) is 0 Å². The standard InChI is InChI=1S/C9H8N2O3S2/c1-2-7-16(12,13)14-11-9-4-3-8(15-9)5-6-10/h2-5H,1,7H2/b8-5+,11-9+. The Bertz CT molecular complexity index is 509. The van der Waals surface area contributed by atoms with Crippen LogP contribution in [0.15, 0.2) is 40.9 Å². The molecule has 1 rings (SSSR count). The number of allylic oxidation sites excluding steroid dienone is 2. The monoisotopic (exact) mass is 256 g/mol. The van der Waals surface area contributed by atoms with Crippen molar-refractivity contribution in [2.24, 2.45) is 5.16 Å². The van der Waals surface area contributed by atoms with Crippen LogP contribution in [0, 0.1) is 11.3 Å². The molecule has 7 heteroatoms. The van der Waals surface area contributed by atoms with Crippen LogP contribution in [-0.4, -0.2) is 19.2 Å². The summed E-state index contributed by atoms with van der Waals surface area (Å²) in [4.78, 5) is 0.686. The zero-order valence-corrected chi connectivity index (χ0v) is 9.79. The van der Waals surface area contributed by atoms with Crippen molar-refractivity contribution in [3.8, 4) is 6.07 Å². The molecule has 16 heavy (non-hydrogen) atoms. The van der Waals surface area contributed by atoms with Gasteiger partial charge < -0.3 is 0 Å². The van der Waals surface area contributed by atoms with E-state index < -0.39 is 10.1 Å². The summed E-state index contributed by atoms with van der Waals surface area (Å²) in [7, 11) is -3.69. The molecule has 0 saturated heterocycles. The number of rotatable bonds is 4. The molecule has 1 aliphatic rings. The molecule has 0 aromatic rings. The maximum absolute atomic E-state index is 11.1. The first-order valence-electron chi connectivity index (χ1n) is 4.13. The van der Waals surface area contributed by atoms with Gasteiger partial charge in [0.05, 0.1) is 6.07 Å². The van der Waals surface area contributed by atoms with Crippen LogP contribution in [0.4, 0.5) is 0 Å². The Kier molecular flexibility index (Phi) is 4.34. The van der Waals surface area contributed by atoms with E-state index in [4.69, 9.17) is 5.26 Å². The van der Waals surface area contributed by atoms with E-state index in [0.29, 0.717) is 9.95 Å². The molecule has 84 valence electrons. The van der Waals surface area contributed by atoms with Gasteiger partial charge in [0, 0.05) is 11.0 Å². The van der Waals surface area contributed by atoms with Crippen molar-refractivity contribution in [2.45, 2.75) is 0 Å². The Hall–Kier alpha value is -1.52. The van der Waals surface area contributed by atoms with E-state index in [1.54, 1.807) is 12.2 Å². The summed E-state index contributed by atoms with van der Waals surface area (Å²) in [5.74, 6) is -0.293. The van der Waals surface area contributed by atoms with Gasteiger partial charge in [-0.3, -0.25) is 4.28 Å². The molecule has 0 aromatic heterocycles. The minimum absolute atomic E-state index is 0.293. The molecule has 5 nitrogen and oxygen atoms in total. The molecule has 0 unspecified atom stereocenters. The predicted molar refractivity (Wildman–Crippen MR) is 62.9 cm³/mol. The second kappa shape index (κ2) is 5.53. The molecule has 0 atom stereocenters. The lowest BCUT2D eigenvalue weighted by Gasteiger charge is -1.97. The van der Waals surface area contributed by atoms with E-state index in [9.17, 15) is 8.42 Å². The van der Waals surface area contributed by atoms with Crippen molar-refractivity contribution in [3.05, 3.63) is 35.8 Å². The molecule has 0 N–H and O–H groups in total. The van der Waals surface area contributed by atoms with Gasteiger partial charge in [-0.1, -0.05) is 23.0 Å². The third-order valence-electron chi connectivity index (χ3n) is 1.38. The number of nitrogens with zero attached hydrogens (tertiary/aromatic N) is 2. The van der Waals surface area contributed by atoms with Gasteiger partial charge in [-0.25, -0.2) is 0 Å². The van der Waals surface area contributed by atoms with Gasteiger partial charge in [-0.2, -0.15) is 13.7 Å². The van der Waals surface area contributed by atoms with Gasteiger partial charge in [-0.05, 0) is 12.2 Å². The fourth-order valence-corrected chi connectivity index (χ4v) is 2.09. The Balaban J connectivity index is 2.64. The molecule has 0 aromatic carbocycles. The molecular weight excluding hydrogens is 248 g/mol. The van der Waals surface area contributed by atoms with E-state index in [1.807, 2.05) is 6.07 Å². The molecule has 1 aliphatic heterocycles. The highest BCUT2D eigenvalue weighted by Crippen LogP contribution is 2.26. The van der Waals surface area contributed by atoms with Crippen molar-refractivity contribution in [3.63, 3.8) is 0 Å². The van der Waals surface area contributed by atoms with Crippen LogP contribution in [0.1, 0.15) is 0 Å². The molecule has 0 bridgehead atoms. The van der Waals surface area contributed by atoms with E-state index >= 15 is 0 Å². The fourth-order valence-electron chi connectivity index (χ4n) is 0.801. The Morgan fingerprint density at radius 1 is 1.62 bits per heavy atom. The second-order valence-electron chi connectivity index (χ2n) is 2.63. The number of thioether (sulfide) groups is 1. The fraction of sp³-hybridized carbons (Fsp3) is 0.111. The average Bonchev–Trinajstić information content (AvgIpc) is 2.64. The Morgan fingerprint density at radius 3 is 3.00 bits per heavy atom. The number of nitriles is 1. The minimum atomic E-state index is -3.69.